The molecule has 0 heterocycles. The number of nitrogens with one attached hydrogen (secondary N) is 1. The zero-order valence-corrected chi connectivity index (χ0v) is 12.9. The molecule has 0 radical (unpaired) electrons. The second-order valence-electron chi connectivity index (χ2n) is 4.63. The fraction of sp³-hybridized carbons (Fsp3) is 0.438. The van der Waals surface area contributed by atoms with Crippen molar-refractivity contribution >= 4 is 12.0 Å². The van der Waals surface area contributed by atoms with Gasteiger partial charge in [-0.2, -0.15) is 0 Å². The van der Waals surface area contributed by atoms with Crippen molar-refractivity contribution in [3.63, 3.8) is 0 Å². The van der Waals surface area contributed by atoms with E-state index in [0.29, 0.717) is 5.56 Å². The topological polar surface area (TPSA) is 122 Å². The van der Waals surface area contributed by atoms with E-state index in [1.54, 1.807) is 24.3 Å². The van der Waals surface area contributed by atoms with E-state index in [1.807, 2.05) is 6.07 Å². The van der Waals surface area contributed by atoms with Gasteiger partial charge in [-0.3, -0.25) is 0 Å². The van der Waals surface area contributed by atoms with Crippen LogP contribution in [-0.4, -0.2) is 42.4 Å². The van der Waals surface area contributed by atoms with Crippen molar-refractivity contribution < 1.29 is 15.0 Å². The number of unbranched alkanes of at least 4 members (excludes halogenated alkanes) is 1. The van der Waals surface area contributed by atoms with Crippen LogP contribution in [0.3, 0.4) is 0 Å². The highest BCUT2D eigenvalue weighted by molar-refractivity contribution is 5.89. The van der Waals surface area contributed by atoms with Gasteiger partial charge in [-0.1, -0.05) is 30.3 Å². The van der Waals surface area contributed by atoms with Crippen LogP contribution in [0.15, 0.2) is 36.1 Å². The Bertz CT molecular complexity index is 414. The molecule has 0 unspecified atom stereocenters. The first-order valence-electron chi connectivity index (χ1n) is 7.41. The summed E-state index contributed by atoms with van der Waals surface area (Å²) >= 11 is 0. The van der Waals surface area contributed by atoms with E-state index >= 15 is 0 Å². The van der Waals surface area contributed by atoms with E-state index in [4.69, 9.17) is 21.7 Å². The molecule has 6 heteroatoms. The molecule has 7 N–H and O–H groups in total. The van der Waals surface area contributed by atoms with Gasteiger partial charge in [-0.25, -0.2) is 4.79 Å². The van der Waals surface area contributed by atoms with Crippen LogP contribution in [0.25, 0.3) is 6.08 Å². The van der Waals surface area contributed by atoms with E-state index in [9.17, 15) is 4.79 Å². The maximum Gasteiger partial charge on any atom is 0.370 e. The van der Waals surface area contributed by atoms with E-state index in [-0.39, 0.29) is 0 Å². The van der Waals surface area contributed by atoms with Crippen molar-refractivity contribution in [2.24, 2.45) is 11.5 Å². The molecule has 1 aromatic carbocycles. The largest absolute Gasteiger partial charge is 0.502 e. The Hall–Kier alpha value is -1.89. The van der Waals surface area contributed by atoms with Crippen molar-refractivity contribution in [3.8, 4) is 0 Å². The lowest BCUT2D eigenvalue weighted by Gasteiger charge is -2.01. The molecule has 0 spiro atoms. The lowest BCUT2D eigenvalue weighted by atomic mass is 10.2. The van der Waals surface area contributed by atoms with Gasteiger partial charge >= 0.3 is 5.97 Å². The number of carboxylic acid groups (broad SMARTS) is 1. The molecule has 0 aliphatic rings. The summed E-state index contributed by atoms with van der Waals surface area (Å²) in [6.07, 6.45) is 4.57. The minimum atomic E-state index is -1.32. The number of hydrogen-bond donors (Lipinski definition) is 5. The average Bonchev–Trinajstić information content (AvgIpc) is 2.52. The Morgan fingerprint density at radius 3 is 2.14 bits per heavy atom. The number of hydrogen-bond acceptors (Lipinski definition) is 5. The van der Waals surface area contributed by atoms with E-state index in [0.717, 1.165) is 39.0 Å². The molecule has 1 aromatic rings. The van der Waals surface area contributed by atoms with Crippen molar-refractivity contribution in [1.82, 2.24) is 5.32 Å². The number of carbonyl (C=O) groups is 1. The monoisotopic (exact) mass is 309 g/mol. The third-order valence-corrected chi connectivity index (χ3v) is 2.69. The summed E-state index contributed by atoms with van der Waals surface area (Å²) in [7, 11) is 0. The number of nitrogens with two attached hydrogens (primary N) is 2. The summed E-state index contributed by atoms with van der Waals surface area (Å²) in [5.74, 6) is -1.97. The van der Waals surface area contributed by atoms with E-state index in [1.165, 1.54) is 12.5 Å². The molecular weight excluding hydrogens is 282 g/mol. The predicted molar refractivity (Wildman–Crippen MR) is 89.5 cm³/mol. The number of aliphatic hydroxyl groups excluding tert-OH is 1. The van der Waals surface area contributed by atoms with Gasteiger partial charge in [0, 0.05) is 0 Å². The van der Waals surface area contributed by atoms with Gasteiger partial charge < -0.3 is 27.0 Å². The average molecular weight is 309 g/mol. The number of aliphatic carboxylic acids is 1. The van der Waals surface area contributed by atoms with Crippen LogP contribution in [0, 0.1) is 0 Å². The minimum Gasteiger partial charge on any atom is -0.502 e. The zero-order chi connectivity index (χ0) is 16.6. The molecule has 124 valence electrons. The molecule has 6 nitrogen and oxygen atoms in total. The van der Waals surface area contributed by atoms with Crippen molar-refractivity contribution in [2.45, 2.75) is 19.3 Å². The molecular formula is C16H27N3O3. The van der Waals surface area contributed by atoms with Gasteiger partial charge in [0.2, 0.25) is 5.76 Å². The molecule has 0 amide bonds. The smallest absolute Gasteiger partial charge is 0.370 e. The lowest BCUT2D eigenvalue weighted by Crippen LogP contribution is -2.19. The summed E-state index contributed by atoms with van der Waals surface area (Å²) < 4.78 is 0. The van der Waals surface area contributed by atoms with Gasteiger partial charge in [0.05, 0.1) is 0 Å². The van der Waals surface area contributed by atoms with Crippen LogP contribution >= 0.6 is 0 Å². The third kappa shape index (κ3) is 11.9. The predicted octanol–water partition coefficient (Wildman–Crippen LogP) is 1.33. The van der Waals surface area contributed by atoms with E-state index in [2.05, 4.69) is 5.32 Å². The zero-order valence-electron chi connectivity index (χ0n) is 12.9. The highest BCUT2D eigenvalue weighted by Crippen LogP contribution is 2.03. The van der Waals surface area contributed by atoms with Gasteiger partial charge in [-0.05, 0) is 57.1 Å². The standard InChI is InChI=1S/C9H8O3.C7H19N3/c10-8(9(11)12)6-7-4-2-1-3-5-7;8-4-1-2-6-10-7-3-5-9/h1-6,10H,(H,11,12);10H,1-9H2. The fourth-order valence-corrected chi connectivity index (χ4v) is 1.52. The summed E-state index contributed by atoms with van der Waals surface area (Å²) in [5, 5.41) is 20.5. The van der Waals surface area contributed by atoms with Crippen molar-refractivity contribution in [3.05, 3.63) is 41.7 Å². The molecule has 0 bridgehead atoms. The first-order valence-corrected chi connectivity index (χ1v) is 7.41. The number of benzene rings is 1. The SMILES string of the molecule is NCCCCNCCCN.O=C(O)C(O)=Cc1ccccc1. The van der Waals surface area contributed by atoms with E-state index < -0.39 is 11.7 Å². The van der Waals surface area contributed by atoms with Gasteiger partial charge in [0.15, 0.2) is 0 Å². The summed E-state index contributed by atoms with van der Waals surface area (Å²) in [6.45, 7) is 3.71. The number of carboxylic acids is 1. The minimum absolute atomic E-state index is 0.652. The molecule has 0 aromatic heterocycles. The Morgan fingerprint density at radius 2 is 1.59 bits per heavy atom. The van der Waals surface area contributed by atoms with Crippen LogP contribution in [0.2, 0.25) is 0 Å². The first-order chi connectivity index (χ1) is 10.6. The maximum absolute atomic E-state index is 10.2. The Labute approximate surface area is 131 Å². The number of aliphatic hydroxyl groups is 1. The Morgan fingerprint density at radius 1 is 1.00 bits per heavy atom. The molecule has 0 fully saturated rings. The van der Waals surface area contributed by atoms with Gasteiger partial charge in [0.1, 0.15) is 0 Å². The van der Waals surface area contributed by atoms with Crippen LogP contribution in [-0.2, 0) is 4.79 Å². The third-order valence-electron chi connectivity index (χ3n) is 2.69. The second-order valence-corrected chi connectivity index (χ2v) is 4.63. The highest BCUT2D eigenvalue weighted by atomic mass is 16.4. The van der Waals surface area contributed by atoms with Gasteiger partial charge in [-0.15, -0.1) is 0 Å². The van der Waals surface area contributed by atoms with Crippen LogP contribution in [0.1, 0.15) is 24.8 Å². The normalized spacial score (nSPS) is 10.7. The molecule has 1 rings (SSSR count). The molecule has 0 aliphatic carbocycles. The lowest BCUT2D eigenvalue weighted by molar-refractivity contribution is -0.135. The van der Waals surface area contributed by atoms with Crippen LogP contribution < -0.4 is 16.8 Å². The van der Waals surface area contributed by atoms with Crippen LogP contribution in [0.4, 0.5) is 0 Å². The van der Waals surface area contributed by atoms with Crippen molar-refractivity contribution in [2.75, 3.05) is 26.2 Å². The first kappa shape index (κ1) is 20.1. The summed E-state index contributed by atoms with van der Waals surface area (Å²) in [6, 6.07) is 8.76. The molecule has 0 saturated heterocycles. The number of rotatable bonds is 9. The Balaban J connectivity index is 0.000000409. The van der Waals surface area contributed by atoms with Gasteiger partial charge in [0.25, 0.3) is 0 Å². The maximum atomic E-state index is 10.2. The van der Waals surface area contributed by atoms with Crippen molar-refractivity contribution in [1.29, 1.82) is 0 Å². The second kappa shape index (κ2) is 14.1. The molecule has 0 aliphatic heterocycles. The quantitative estimate of drug-likeness (QED) is 0.266. The van der Waals surface area contributed by atoms with Crippen LogP contribution in [0.5, 0.6) is 0 Å². The molecule has 0 saturated carbocycles. The molecule has 0 atom stereocenters. The highest BCUT2D eigenvalue weighted by Gasteiger charge is 2.02. The fourth-order valence-electron chi connectivity index (χ4n) is 1.52. The summed E-state index contributed by atoms with van der Waals surface area (Å²) in [5.41, 5.74) is 11.3. The summed E-state index contributed by atoms with van der Waals surface area (Å²) in [4.78, 5) is 10.2. The molecule has 22 heavy (non-hydrogen) atoms. The Kier molecular flexibility index (Phi) is 12.9.